The van der Waals surface area contributed by atoms with Gasteiger partial charge >= 0.3 is 0 Å². The van der Waals surface area contributed by atoms with Gasteiger partial charge in [0.2, 0.25) is 0 Å². The summed E-state index contributed by atoms with van der Waals surface area (Å²) in [4.78, 5) is 23.8. The zero-order chi connectivity index (χ0) is 19.9. The zero-order valence-electron chi connectivity index (χ0n) is 16.4. The first-order valence-corrected chi connectivity index (χ1v) is 9.45. The van der Waals surface area contributed by atoms with E-state index in [2.05, 4.69) is 26.3 Å². The molecule has 28 heavy (non-hydrogen) atoms. The molecule has 146 valence electrons. The molecule has 1 aromatic carbocycles. The molecule has 2 N–H and O–H groups in total. The molecular formula is C21H25N5O2. The average molecular weight is 379 g/mol. The Morgan fingerprint density at radius 2 is 2.11 bits per heavy atom. The number of hydrogen-bond acceptors (Lipinski definition) is 5. The Balaban J connectivity index is 1.58. The van der Waals surface area contributed by atoms with E-state index >= 15 is 0 Å². The Hall–Kier alpha value is -2.77. The third-order valence-electron chi connectivity index (χ3n) is 5.05. The molecule has 0 bridgehead atoms. The highest BCUT2D eigenvalue weighted by atomic mass is 16.3. The van der Waals surface area contributed by atoms with Crippen molar-refractivity contribution >= 4 is 22.8 Å². The van der Waals surface area contributed by atoms with Crippen molar-refractivity contribution in [3.05, 3.63) is 53.5 Å². The third-order valence-corrected chi connectivity index (χ3v) is 5.05. The van der Waals surface area contributed by atoms with E-state index in [0.717, 1.165) is 30.8 Å². The quantitative estimate of drug-likeness (QED) is 0.727. The van der Waals surface area contributed by atoms with Crippen LogP contribution in [-0.2, 0) is 20.0 Å². The van der Waals surface area contributed by atoms with Crippen LogP contribution in [0, 0.1) is 0 Å². The Morgan fingerprint density at radius 1 is 1.29 bits per heavy atom. The molecular weight excluding hydrogens is 354 g/mol. The standard InChI is InChI=1S/C21H25N5O2/c1-21(2,28)12-26-10-8-15-14(11-26)5-4-6-17(15)24-20(27)16-7-9-22-19-18(16)23-13-25(19)3/h4-7,9,13,28H,8,10-12H2,1-3H3,(H,24,27). The van der Waals surface area contributed by atoms with Gasteiger partial charge in [-0.1, -0.05) is 12.1 Å². The highest BCUT2D eigenvalue weighted by Crippen LogP contribution is 2.28. The summed E-state index contributed by atoms with van der Waals surface area (Å²) in [5.74, 6) is -0.182. The molecule has 0 atom stereocenters. The lowest BCUT2D eigenvalue weighted by atomic mass is 9.96. The number of imidazole rings is 1. The molecule has 2 aromatic heterocycles. The minimum atomic E-state index is -0.723. The van der Waals surface area contributed by atoms with Crippen LogP contribution in [0.5, 0.6) is 0 Å². The van der Waals surface area contributed by atoms with Gasteiger partial charge in [0.1, 0.15) is 5.52 Å². The number of amides is 1. The van der Waals surface area contributed by atoms with E-state index in [-0.39, 0.29) is 5.91 Å². The molecule has 7 heteroatoms. The number of anilines is 1. The van der Waals surface area contributed by atoms with Crippen molar-refractivity contribution in [2.45, 2.75) is 32.4 Å². The first kappa shape index (κ1) is 18.6. The second-order valence-electron chi connectivity index (χ2n) is 8.06. The smallest absolute Gasteiger partial charge is 0.258 e. The number of β-amino-alcohol motifs (C(OH)–C–C–N with tert-alkyl or cyclic N) is 1. The maximum absolute atomic E-state index is 12.9. The van der Waals surface area contributed by atoms with E-state index in [9.17, 15) is 9.90 Å². The van der Waals surface area contributed by atoms with Crippen LogP contribution in [0.2, 0.25) is 0 Å². The summed E-state index contributed by atoms with van der Waals surface area (Å²) in [7, 11) is 1.86. The predicted molar refractivity (Wildman–Crippen MR) is 108 cm³/mol. The van der Waals surface area contributed by atoms with Crippen molar-refractivity contribution in [2.75, 3.05) is 18.4 Å². The summed E-state index contributed by atoms with van der Waals surface area (Å²) in [6, 6.07) is 7.69. The molecule has 0 saturated carbocycles. The number of rotatable bonds is 4. The van der Waals surface area contributed by atoms with Gasteiger partial charge in [0, 0.05) is 38.6 Å². The molecule has 1 aliphatic rings. The number of pyridine rings is 1. The lowest BCUT2D eigenvalue weighted by Crippen LogP contribution is -2.41. The van der Waals surface area contributed by atoms with Gasteiger partial charge in [0.05, 0.1) is 17.5 Å². The molecule has 1 aliphatic heterocycles. The Morgan fingerprint density at radius 3 is 2.89 bits per heavy atom. The molecule has 1 amide bonds. The number of benzene rings is 1. The van der Waals surface area contributed by atoms with Crippen LogP contribution in [0.15, 0.2) is 36.8 Å². The monoisotopic (exact) mass is 379 g/mol. The predicted octanol–water partition coefficient (Wildman–Crippen LogP) is 2.35. The van der Waals surface area contributed by atoms with E-state index in [1.54, 1.807) is 23.2 Å². The van der Waals surface area contributed by atoms with Crippen molar-refractivity contribution < 1.29 is 9.90 Å². The number of carbonyl (C=O) groups is 1. The Bertz CT molecular complexity index is 1030. The van der Waals surface area contributed by atoms with Gasteiger partial charge in [-0.15, -0.1) is 0 Å². The van der Waals surface area contributed by atoms with Crippen molar-refractivity contribution in [1.29, 1.82) is 0 Å². The molecule has 3 heterocycles. The topological polar surface area (TPSA) is 83.3 Å². The van der Waals surface area contributed by atoms with Crippen LogP contribution in [0.1, 0.15) is 35.3 Å². The van der Waals surface area contributed by atoms with Gasteiger partial charge < -0.3 is 15.0 Å². The summed E-state index contributed by atoms with van der Waals surface area (Å²) >= 11 is 0. The number of nitrogens with zero attached hydrogens (tertiary/aromatic N) is 4. The second kappa shape index (κ2) is 7.00. The molecule has 0 fully saturated rings. The normalized spacial score (nSPS) is 14.9. The van der Waals surface area contributed by atoms with Crippen molar-refractivity contribution in [3.8, 4) is 0 Å². The summed E-state index contributed by atoms with van der Waals surface area (Å²) in [5.41, 5.74) is 4.27. The SMILES string of the molecule is Cn1cnc2c(C(=O)Nc3cccc4c3CCN(CC(C)(C)O)C4)ccnc21. The van der Waals surface area contributed by atoms with E-state index in [1.165, 1.54) is 5.56 Å². The highest BCUT2D eigenvalue weighted by Gasteiger charge is 2.24. The fraction of sp³-hybridized carbons (Fsp3) is 0.381. The first-order chi connectivity index (χ1) is 13.3. The molecule has 0 unspecified atom stereocenters. The minimum absolute atomic E-state index is 0.182. The molecule has 0 aliphatic carbocycles. The molecule has 0 spiro atoms. The fourth-order valence-electron chi connectivity index (χ4n) is 3.87. The summed E-state index contributed by atoms with van der Waals surface area (Å²) in [6.45, 7) is 5.89. The highest BCUT2D eigenvalue weighted by molar-refractivity contribution is 6.11. The van der Waals surface area contributed by atoms with Gasteiger partial charge in [0.25, 0.3) is 5.91 Å². The molecule has 0 radical (unpaired) electrons. The lowest BCUT2D eigenvalue weighted by molar-refractivity contribution is 0.0318. The zero-order valence-corrected chi connectivity index (χ0v) is 16.4. The van der Waals surface area contributed by atoms with Crippen LogP contribution in [0.4, 0.5) is 5.69 Å². The number of fused-ring (bicyclic) bond motifs is 2. The summed E-state index contributed by atoms with van der Waals surface area (Å²) < 4.78 is 1.80. The molecule has 0 saturated heterocycles. The third kappa shape index (κ3) is 3.63. The van der Waals surface area contributed by atoms with E-state index < -0.39 is 5.60 Å². The van der Waals surface area contributed by atoms with Gasteiger partial charge in [-0.3, -0.25) is 9.69 Å². The van der Waals surface area contributed by atoms with Crippen LogP contribution in [0.25, 0.3) is 11.2 Å². The summed E-state index contributed by atoms with van der Waals surface area (Å²) in [6.07, 6.45) is 4.13. The first-order valence-electron chi connectivity index (χ1n) is 9.45. The van der Waals surface area contributed by atoms with Gasteiger partial charge in [0.15, 0.2) is 5.65 Å². The van der Waals surface area contributed by atoms with Crippen molar-refractivity contribution in [2.24, 2.45) is 7.05 Å². The van der Waals surface area contributed by atoms with E-state index in [0.29, 0.717) is 23.3 Å². The number of aliphatic hydroxyl groups is 1. The molecule has 4 rings (SSSR count). The second-order valence-corrected chi connectivity index (χ2v) is 8.06. The van der Waals surface area contributed by atoms with Gasteiger partial charge in [-0.05, 0) is 43.5 Å². The Kier molecular flexibility index (Phi) is 4.64. The number of nitrogens with one attached hydrogen (secondary N) is 1. The van der Waals surface area contributed by atoms with Crippen LogP contribution in [-0.4, -0.2) is 49.1 Å². The number of carbonyl (C=O) groups excluding carboxylic acids is 1. The number of aryl methyl sites for hydroxylation is 1. The van der Waals surface area contributed by atoms with Gasteiger partial charge in [-0.2, -0.15) is 0 Å². The Labute approximate surface area is 164 Å². The molecule has 7 nitrogen and oxygen atoms in total. The van der Waals surface area contributed by atoms with Crippen LogP contribution >= 0.6 is 0 Å². The van der Waals surface area contributed by atoms with Gasteiger partial charge in [-0.25, -0.2) is 9.97 Å². The lowest BCUT2D eigenvalue weighted by Gasteiger charge is -2.33. The van der Waals surface area contributed by atoms with Crippen molar-refractivity contribution in [1.82, 2.24) is 19.4 Å². The fourth-order valence-corrected chi connectivity index (χ4v) is 3.87. The average Bonchev–Trinajstić information content (AvgIpc) is 3.01. The van der Waals surface area contributed by atoms with Crippen LogP contribution in [0.3, 0.4) is 0 Å². The minimum Gasteiger partial charge on any atom is -0.389 e. The number of aromatic nitrogens is 3. The van der Waals surface area contributed by atoms with E-state index in [1.807, 2.05) is 33.0 Å². The largest absolute Gasteiger partial charge is 0.389 e. The summed E-state index contributed by atoms with van der Waals surface area (Å²) in [5, 5.41) is 13.2. The number of hydrogen-bond donors (Lipinski definition) is 2. The maximum atomic E-state index is 12.9. The van der Waals surface area contributed by atoms with E-state index in [4.69, 9.17) is 0 Å². The maximum Gasteiger partial charge on any atom is 0.258 e. The molecule has 3 aromatic rings. The van der Waals surface area contributed by atoms with Crippen molar-refractivity contribution in [3.63, 3.8) is 0 Å². The van der Waals surface area contributed by atoms with Crippen LogP contribution < -0.4 is 5.32 Å².